The summed E-state index contributed by atoms with van der Waals surface area (Å²) < 4.78 is 25.9. The molecule has 1 amide bonds. The van der Waals surface area contributed by atoms with Gasteiger partial charge in [-0.15, -0.1) is 12.4 Å². The minimum atomic E-state index is -3.26. The van der Waals surface area contributed by atoms with Gasteiger partial charge in [-0.05, 0) is 100 Å². The standard InChI is InChI=1S/C27H36N4O3S.ClH/c1-4-16-31(27(35(3,33)34)24-12-14-29-15-13-24)20(2)17-22-6-5-7-25(18-22)30-26(32)23-10-8-21(19-28)9-11-23;/h5-11,18,20,24,27,29H,4,12-17H2,1-3H3,(H,30,32);1H/t20?,27-;/m1./s1. The molecular weight excluding hydrogens is 496 g/mol. The molecule has 0 spiro atoms. The van der Waals surface area contributed by atoms with E-state index in [0.29, 0.717) is 23.2 Å². The van der Waals surface area contributed by atoms with Gasteiger partial charge in [0, 0.05) is 23.5 Å². The highest BCUT2D eigenvalue weighted by Gasteiger charge is 2.37. The van der Waals surface area contributed by atoms with E-state index in [-0.39, 0.29) is 30.3 Å². The summed E-state index contributed by atoms with van der Waals surface area (Å²) in [6, 6.07) is 16.3. The van der Waals surface area contributed by atoms with Crippen molar-refractivity contribution in [2.24, 2.45) is 5.92 Å². The molecule has 0 aliphatic carbocycles. The van der Waals surface area contributed by atoms with E-state index in [0.717, 1.165) is 44.5 Å². The number of nitriles is 1. The van der Waals surface area contributed by atoms with Crippen LogP contribution in [0, 0.1) is 17.2 Å². The number of halogens is 1. The topological polar surface area (TPSA) is 102 Å². The maximum Gasteiger partial charge on any atom is 0.255 e. The lowest BCUT2D eigenvalue weighted by Crippen LogP contribution is -2.52. The fraction of sp³-hybridized carbons (Fsp3) is 0.481. The minimum Gasteiger partial charge on any atom is -0.322 e. The van der Waals surface area contributed by atoms with Crippen molar-refractivity contribution in [2.45, 2.75) is 50.9 Å². The molecule has 0 saturated carbocycles. The number of carbonyl (C=O) groups is 1. The molecule has 0 radical (unpaired) electrons. The van der Waals surface area contributed by atoms with Crippen LogP contribution in [-0.4, -0.2) is 56.5 Å². The van der Waals surface area contributed by atoms with Gasteiger partial charge in [0.25, 0.3) is 5.91 Å². The molecule has 7 nitrogen and oxygen atoms in total. The number of carbonyl (C=O) groups excluding carboxylic acids is 1. The van der Waals surface area contributed by atoms with Crippen molar-refractivity contribution >= 4 is 33.8 Å². The number of hydrogen-bond donors (Lipinski definition) is 2. The van der Waals surface area contributed by atoms with Gasteiger partial charge in [0.05, 0.1) is 11.6 Å². The summed E-state index contributed by atoms with van der Waals surface area (Å²) in [7, 11) is -3.26. The number of benzene rings is 2. The molecule has 9 heteroatoms. The van der Waals surface area contributed by atoms with Crippen LogP contribution in [0.5, 0.6) is 0 Å². The van der Waals surface area contributed by atoms with E-state index in [1.54, 1.807) is 24.3 Å². The van der Waals surface area contributed by atoms with E-state index >= 15 is 0 Å². The van der Waals surface area contributed by atoms with E-state index in [4.69, 9.17) is 5.26 Å². The van der Waals surface area contributed by atoms with Crippen LogP contribution in [0.1, 0.15) is 54.6 Å². The SMILES string of the molecule is CCCN(C(C)Cc1cccc(NC(=O)c2ccc(C#N)cc2)c1)[C@@H](C1CCNCC1)S(C)(=O)=O.Cl. The molecule has 0 aromatic heterocycles. The van der Waals surface area contributed by atoms with Crippen molar-refractivity contribution in [3.05, 3.63) is 65.2 Å². The van der Waals surface area contributed by atoms with Crippen LogP contribution in [0.25, 0.3) is 0 Å². The molecule has 1 aliphatic heterocycles. The van der Waals surface area contributed by atoms with Gasteiger partial charge in [0.15, 0.2) is 9.84 Å². The molecule has 36 heavy (non-hydrogen) atoms. The summed E-state index contributed by atoms with van der Waals surface area (Å²) >= 11 is 0. The molecule has 3 rings (SSSR count). The number of nitrogens with one attached hydrogen (secondary N) is 2. The second-order valence-corrected chi connectivity index (χ2v) is 11.6. The lowest BCUT2D eigenvalue weighted by molar-refractivity contribution is 0.102. The maximum atomic E-state index is 12.9. The monoisotopic (exact) mass is 532 g/mol. The Morgan fingerprint density at radius 2 is 1.86 bits per heavy atom. The van der Waals surface area contributed by atoms with Crippen LogP contribution in [0.3, 0.4) is 0 Å². The van der Waals surface area contributed by atoms with Crippen molar-refractivity contribution in [1.29, 1.82) is 5.26 Å². The first-order valence-corrected chi connectivity index (χ1v) is 14.2. The Hall–Kier alpha value is -2.44. The zero-order valence-corrected chi connectivity index (χ0v) is 22.9. The fourth-order valence-corrected chi connectivity index (χ4v) is 6.76. The van der Waals surface area contributed by atoms with E-state index in [1.807, 2.05) is 30.3 Å². The predicted molar refractivity (Wildman–Crippen MR) is 147 cm³/mol. The zero-order valence-electron chi connectivity index (χ0n) is 21.2. The smallest absolute Gasteiger partial charge is 0.255 e. The van der Waals surface area contributed by atoms with Gasteiger partial charge >= 0.3 is 0 Å². The average molecular weight is 533 g/mol. The number of sulfone groups is 1. The highest BCUT2D eigenvalue weighted by molar-refractivity contribution is 7.91. The highest BCUT2D eigenvalue weighted by atomic mass is 35.5. The van der Waals surface area contributed by atoms with E-state index in [1.165, 1.54) is 6.26 Å². The lowest BCUT2D eigenvalue weighted by atomic mass is 9.95. The Kier molecular flexibility index (Phi) is 11.4. The summed E-state index contributed by atoms with van der Waals surface area (Å²) in [6.45, 7) is 6.60. The number of rotatable bonds is 10. The summed E-state index contributed by atoms with van der Waals surface area (Å²) in [5, 5.41) is 14.7. The molecule has 1 heterocycles. The van der Waals surface area contributed by atoms with Gasteiger partial charge in [0.2, 0.25) is 0 Å². The van der Waals surface area contributed by atoms with Crippen molar-refractivity contribution in [3.8, 4) is 6.07 Å². The molecule has 196 valence electrons. The van der Waals surface area contributed by atoms with Crippen LogP contribution < -0.4 is 10.6 Å². The van der Waals surface area contributed by atoms with Gasteiger partial charge in [-0.25, -0.2) is 8.42 Å². The molecule has 2 aromatic rings. The maximum absolute atomic E-state index is 12.9. The summed E-state index contributed by atoms with van der Waals surface area (Å²) in [6.07, 6.45) is 4.65. The fourth-order valence-electron chi connectivity index (χ4n) is 4.99. The Morgan fingerprint density at radius 1 is 1.19 bits per heavy atom. The molecular formula is C27H37ClN4O3S. The number of hydrogen-bond acceptors (Lipinski definition) is 6. The molecule has 1 aliphatic rings. The second kappa shape index (κ2) is 13.8. The third kappa shape index (κ3) is 8.04. The molecule has 2 aromatic carbocycles. The van der Waals surface area contributed by atoms with Crippen molar-refractivity contribution < 1.29 is 13.2 Å². The van der Waals surface area contributed by atoms with Gasteiger partial charge in [-0.2, -0.15) is 5.26 Å². The van der Waals surface area contributed by atoms with Gasteiger partial charge in [0.1, 0.15) is 5.37 Å². The first-order chi connectivity index (χ1) is 16.7. The van der Waals surface area contributed by atoms with E-state index in [9.17, 15) is 13.2 Å². The van der Waals surface area contributed by atoms with Crippen LogP contribution in [-0.2, 0) is 16.3 Å². The number of amides is 1. The third-order valence-corrected chi connectivity index (χ3v) is 8.13. The van der Waals surface area contributed by atoms with Gasteiger partial charge in [-0.1, -0.05) is 19.1 Å². The Bertz CT molecular complexity index is 1140. The molecule has 0 bridgehead atoms. The van der Waals surface area contributed by atoms with Crippen molar-refractivity contribution in [3.63, 3.8) is 0 Å². The molecule has 2 N–H and O–H groups in total. The van der Waals surface area contributed by atoms with Crippen molar-refractivity contribution in [2.75, 3.05) is 31.2 Å². The quantitative estimate of drug-likeness (QED) is 0.474. The number of nitrogens with zero attached hydrogens (tertiary/aromatic N) is 2. The summed E-state index contributed by atoms with van der Waals surface area (Å²) in [4.78, 5) is 14.8. The number of piperidine rings is 1. The molecule has 1 unspecified atom stereocenters. The molecule has 1 saturated heterocycles. The average Bonchev–Trinajstić information content (AvgIpc) is 2.84. The number of anilines is 1. The lowest BCUT2D eigenvalue weighted by Gasteiger charge is -2.41. The van der Waals surface area contributed by atoms with Crippen LogP contribution in [0.2, 0.25) is 0 Å². The zero-order chi connectivity index (χ0) is 25.4. The summed E-state index contributed by atoms with van der Waals surface area (Å²) in [5.74, 6) is -0.117. The van der Waals surface area contributed by atoms with Gasteiger partial charge < -0.3 is 10.6 Å². The Morgan fingerprint density at radius 3 is 2.44 bits per heavy atom. The Labute approximate surface area is 221 Å². The van der Waals surface area contributed by atoms with E-state index in [2.05, 4.69) is 29.4 Å². The molecule has 2 atom stereocenters. The normalized spacial score (nSPS) is 16.0. The third-order valence-electron chi connectivity index (χ3n) is 6.59. The summed E-state index contributed by atoms with van der Waals surface area (Å²) in [5.41, 5.74) is 2.71. The second-order valence-electron chi connectivity index (χ2n) is 9.44. The predicted octanol–water partition coefficient (Wildman–Crippen LogP) is 4.25. The minimum absolute atomic E-state index is 0. The van der Waals surface area contributed by atoms with E-state index < -0.39 is 15.2 Å². The van der Waals surface area contributed by atoms with Crippen LogP contribution >= 0.6 is 12.4 Å². The largest absolute Gasteiger partial charge is 0.322 e. The van der Waals surface area contributed by atoms with Gasteiger partial charge in [-0.3, -0.25) is 9.69 Å². The highest BCUT2D eigenvalue weighted by Crippen LogP contribution is 2.28. The first-order valence-electron chi connectivity index (χ1n) is 12.3. The van der Waals surface area contributed by atoms with Crippen LogP contribution in [0.4, 0.5) is 5.69 Å². The van der Waals surface area contributed by atoms with Crippen molar-refractivity contribution in [1.82, 2.24) is 10.2 Å². The Balaban J connectivity index is 0.00000456. The molecule has 1 fully saturated rings. The first kappa shape index (κ1) is 29.8. The van der Waals surface area contributed by atoms with Crippen LogP contribution in [0.15, 0.2) is 48.5 Å².